The Hall–Kier alpha value is -1.49. The quantitative estimate of drug-likeness (QED) is 0.910. The summed E-state index contributed by atoms with van der Waals surface area (Å²) in [5.41, 5.74) is 8.23. The predicted molar refractivity (Wildman–Crippen MR) is 78.6 cm³/mol. The Labute approximate surface area is 119 Å². The van der Waals surface area contributed by atoms with Gasteiger partial charge in [0.25, 0.3) is 5.78 Å². The van der Waals surface area contributed by atoms with Gasteiger partial charge in [-0.25, -0.2) is 4.98 Å². The fourth-order valence-electron chi connectivity index (χ4n) is 3.41. The molecule has 1 fully saturated rings. The van der Waals surface area contributed by atoms with E-state index in [1.165, 1.54) is 12.8 Å². The largest absolute Gasteiger partial charge is 0.329 e. The van der Waals surface area contributed by atoms with Gasteiger partial charge in [0.05, 0.1) is 0 Å². The number of rotatable bonds is 2. The van der Waals surface area contributed by atoms with Crippen LogP contribution in [0.1, 0.15) is 49.8 Å². The Morgan fingerprint density at radius 2 is 2.00 bits per heavy atom. The minimum atomic E-state index is -0.0341. The topological polar surface area (TPSA) is 69.1 Å². The fourth-order valence-corrected chi connectivity index (χ4v) is 3.41. The second-order valence-electron chi connectivity index (χ2n) is 6.36. The van der Waals surface area contributed by atoms with E-state index in [1.54, 1.807) is 0 Å². The Bertz CT molecular complexity index is 622. The monoisotopic (exact) mass is 273 g/mol. The van der Waals surface area contributed by atoms with Crippen LogP contribution in [0.3, 0.4) is 0 Å². The Kier molecular flexibility index (Phi) is 3.24. The predicted octanol–water partition coefficient (Wildman–Crippen LogP) is 2.15. The van der Waals surface area contributed by atoms with Gasteiger partial charge in [-0.1, -0.05) is 6.92 Å². The zero-order valence-electron chi connectivity index (χ0n) is 12.6. The van der Waals surface area contributed by atoms with E-state index in [0.29, 0.717) is 12.3 Å². The maximum Gasteiger partial charge on any atom is 0.255 e. The normalized spacial score (nSPS) is 27.1. The van der Waals surface area contributed by atoms with Crippen LogP contribution in [0, 0.1) is 19.8 Å². The molecule has 1 aliphatic carbocycles. The van der Waals surface area contributed by atoms with Gasteiger partial charge in [0.2, 0.25) is 0 Å². The van der Waals surface area contributed by atoms with E-state index in [4.69, 9.17) is 5.73 Å². The molecule has 0 unspecified atom stereocenters. The zero-order chi connectivity index (χ0) is 14.3. The Balaban J connectivity index is 2.13. The molecule has 0 amide bonds. The van der Waals surface area contributed by atoms with Crippen LogP contribution < -0.4 is 5.73 Å². The van der Waals surface area contributed by atoms with Gasteiger partial charge in [-0.05, 0) is 51.5 Å². The molecule has 0 spiro atoms. The molecule has 3 rings (SSSR count). The highest BCUT2D eigenvalue weighted by Crippen LogP contribution is 2.40. The molecule has 2 aromatic rings. The first-order valence-corrected chi connectivity index (χ1v) is 7.46. The van der Waals surface area contributed by atoms with Crippen LogP contribution in [0.4, 0.5) is 0 Å². The standard InChI is InChI=1S/C15H23N5/c1-10-4-6-15(9-16,7-5-10)13-18-19-14-17-11(2)8-12(3)20(13)14/h8,10H,4-7,9,16H2,1-3H3. The molecule has 2 aromatic heterocycles. The minimum absolute atomic E-state index is 0.0341. The summed E-state index contributed by atoms with van der Waals surface area (Å²) in [5.74, 6) is 2.49. The number of fused-ring (bicyclic) bond motifs is 1. The first-order chi connectivity index (χ1) is 9.55. The molecule has 2 N–H and O–H groups in total. The lowest BCUT2D eigenvalue weighted by Gasteiger charge is -2.37. The van der Waals surface area contributed by atoms with Gasteiger partial charge in [-0.15, -0.1) is 10.2 Å². The molecule has 5 heteroatoms. The molecule has 0 atom stereocenters. The van der Waals surface area contributed by atoms with Gasteiger partial charge in [0.1, 0.15) is 5.82 Å². The minimum Gasteiger partial charge on any atom is -0.329 e. The summed E-state index contributed by atoms with van der Waals surface area (Å²) >= 11 is 0. The molecule has 1 aliphatic rings. The average Bonchev–Trinajstić information content (AvgIpc) is 2.85. The Morgan fingerprint density at radius 3 is 2.65 bits per heavy atom. The van der Waals surface area contributed by atoms with Crippen LogP contribution in [-0.2, 0) is 5.41 Å². The highest BCUT2D eigenvalue weighted by atomic mass is 15.3. The van der Waals surface area contributed by atoms with Crippen LogP contribution in [0.25, 0.3) is 5.78 Å². The van der Waals surface area contributed by atoms with Gasteiger partial charge >= 0.3 is 0 Å². The van der Waals surface area contributed by atoms with Gasteiger partial charge in [0, 0.05) is 23.3 Å². The molecule has 0 radical (unpaired) electrons. The lowest BCUT2D eigenvalue weighted by molar-refractivity contribution is 0.235. The van der Waals surface area contributed by atoms with Crippen LogP contribution in [0.5, 0.6) is 0 Å². The summed E-state index contributed by atoms with van der Waals surface area (Å²) in [6.45, 7) is 7.03. The molecular weight excluding hydrogens is 250 g/mol. The number of aromatic nitrogens is 4. The summed E-state index contributed by atoms with van der Waals surface area (Å²) in [6, 6.07) is 2.08. The van der Waals surface area contributed by atoms with Crippen molar-refractivity contribution in [3.63, 3.8) is 0 Å². The van der Waals surface area contributed by atoms with Crippen molar-refractivity contribution in [2.75, 3.05) is 6.54 Å². The van der Waals surface area contributed by atoms with Gasteiger partial charge in [0.15, 0.2) is 0 Å². The fraction of sp³-hybridized carbons (Fsp3) is 0.667. The van der Waals surface area contributed by atoms with Crippen molar-refractivity contribution in [1.82, 2.24) is 19.6 Å². The average molecular weight is 273 g/mol. The first-order valence-electron chi connectivity index (χ1n) is 7.46. The van der Waals surface area contributed by atoms with Crippen molar-refractivity contribution in [3.8, 4) is 0 Å². The van der Waals surface area contributed by atoms with Crippen molar-refractivity contribution in [2.24, 2.45) is 11.7 Å². The van der Waals surface area contributed by atoms with E-state index in [-0.39, 0.29) is 5.41 Å². The molecule has 2 heterocycles. The third kappa shape index (κ3) is 2.00. The van der Waals surface area contributed by atoms with Gasteiger partial charge in [-0.2, -0.15) is 0 Å². The van der Waals surface area contributed by atoms with Crippen LogP contribution >= 0.6 is 0 Å². The van der Waals surface area contributed by atoms with E-state index in [2.05, 4.69) is 39.5 Å². The molecule has 0 aliphatic heterocycles. The maximum atomic E-state index is 6.14. The summed E-state index contributed by atoms with van der Waals surface area (Å²) < 4.78 is 2.09. The smallest absolute Gasteiger partial charge is 0.255 e. The lowest BCUT2D eigenvalue weighted by atomic mass is 9.70. The van der Waals surface area contributed by atoms with Crippen LogP contribution in [-0.4, -0.2) is 26.1 Å². The van der Waals surface area contributed by atoms with E-state index in [1.807, 2.05) is 6.92 Å². The van der Waals surface area contributed by atoms with Crippen molar-refractivity contribution < 1.29 is 0 Å². The van der Waals surface area contributed by atoms with Crippen molar-refractivity contribution in [3.05, 3.63) is 23.3 Å². The third-order valence-corrected chi connectivity index (χ3v) is 4.79. The van der Waals surface area contributed by atoms with Crippen molar-refractivity contribution in [1.29, 1.82) is 0 Å². The van der Waals surface area contributed by atoms with E-state index in [9.17, 15) is 0 Å². The second-order valence-corrected chi connectivity index (χ2v) is 6.36. The maximum absolute atomic E-state index is 6.14. The van der Waals surface area contributed by atoms with Crippen molar-refractivity contribution in [2.45, 2.75) is 51.9 Å². The molecule has 0 saturated heterocycles. The molecule has 0 bridgehead atoms. The second kappa shape index (κ2) is 4.81. The summed E-state index contributed by atoms with van der Waals surface area (Å²) in [6.07, 6.45) is 4.62. The summed E-state index contributed by atoms with van der Waals surface area (Å²) in [4.78, 5) is 4.48. The lowest BCUT2D eigenvalue weighted by Crippen LogP contribution is -2.40. The first kappa shape index (κ1) is 13.5. The van der Waals surface area contributed by atoms with Crippen LogP contribution in [0.2, 0.25) is 0 Å². The third-order valence-electron chi connectivity index (χ3n) is 4.79. The highest BCUT2D eigenvalue weighted by molar-refractivity contribution is 5.35. The number of hydrogen-bond donors (Lipinski definition) is 1. The molecule has 1 saturated carbocycles. The summed E-state index contributed by atoms with van der Waals surface area (Å²) in [5, 5.41) is 8.73. The zero-order valence-corrected chi connectivity index (χ0v) is 12.6. The molecular formula is C15H23N5. The molecule has 108 valence electrons. The molecule has 0 aromatic carbocycles. The van der Waals surface area contributed by atoms with E-state index >= 15 is 0 Å². The van der Waals surface area contributed by atoms with E-state index in [0.717, 1.165) is 36.0 Å². The number of nitrogens with two attached hydrogens (primary N) is 1. The van der Waals surface area contributed by atoms with Gasteiger partial charge < -0.3 is 5.73 Å². The number of hydrogen-bond acceptors (Lipinski definition) is 4. The summed E-state index contributed by atoms with van der Waals surface area (Å²) in [7, 11) is 0. The number of aryl methyl sites for hydroxylation is 2. The van der Waals surface area contributed by atoms with Crippen LogP contribution in [0.15, 0.2) is 6.07 Å². The Morgan fingerprint density at radius 1 is 1.30 bits per heavy atom. The number of nitrogens with zero attached hydrogens (tertiary/aromatic N) is 4. The van der Waals surface area contributed by atoms with Gasteiger partial charge in [-0.3, -0.25) is 4.40 Å². The van der Waals surface area contributed by atoms with E-state index < -0.39 is 0 Å². The molecule has 5 nitrogen and oxygen atoms in total. The highest BCUT2D eigenvalue weighted by Gasteiger charge is 2.39. The molecule has 20 heavy (non-hydrogen) atoms. The SMILES string of the molecule is Cc1cc(C)n2c(C3(CN)CCC(C)CC3)nnc2n1. The van der Waals surface area contributed by atoms with Crippen molar-refractivity contribution >= 4 is 5.78 Å².